The second-order valence-corrected chi connectivity index (χ2v) is 12.8. The molecule has 2 aromatic rings. The zero-order valence-corrected chi connectivity index (χ0v) is 26.0. The number of rotatable bonds is 10. The van der Waals surface area contributed by atoms with Crippen molar-refractivity contribution in [1.82, 2.24) is 30.2 Å². The lowest BCUT2D eigenvalue weighted by Crippen LogP contribution is -2.49. The lowest BCUT2D eigenvalue weighted by atomic mass is 9.89. The smallest absolute Gasteiger partial charge is 0.338 e. The summed E-state index contributed by atoms with van der Waals surface area (Å²) >= 11 is 1.32. The van der Waals surface area contributed by atoms with Gasteiger partial charge in [-0.25, -0.2) is 33.6 Å². The number of esters is 1. The van der Waals surface area contributed by atoms with Crippen LogP contribution in [0.4, 0.5) is 13.2 Å². The molecule has 3 aliphatic heterocycles. The van der Waals surface area contributed by atoms with Crippen molar-refractivity contribution in [2.45, 2.75) is 58.2 Å². The van der Waals surface area contributed by atoms with Crippen LogP contribution in [0.25, 0.3) is 0 Å². The topological polar surface area (TPSA) is 123 Å². The summed E-state index contributed by atoms with van der Waals surface area (Å²) < 4.78 is 51.0. The van der Waals surface area contributed by atoms with Gasteiger partial charge in [-0.3, -0.25) is 14.7 Å². The maximum Gasteiger partial charge on any atom is 0.338 e. The number of amidine groups is 1. The van der Waals surface area contributed by atoms with E-state index in [1.807, 2.05) is 0 Å². The van der Waals surface area contributed by atoms with Crippen molar-refractivity contribution in [1.29, 1.82) is 0 Å². The number of carboxylic acids is 1. The molecular weight excluding hydrogens is 599 g/mol. The van der Waals surface area contributed by atoms with E-state index in [-0.39, 0.29) is 38.2 Å². The lowest BCUT2D eigenvalue weighted by Gasteiger charge is -2.33. The molecule has 0 bridgehead atoms. The molecule has 3 atom stereocenters. The van der Waals surface area contributed by atoms with E-state index in [0.717, 1.165) is 0 Å². The quantitative estimate of drug-likeness (QED) is 0.297. The number of aryl methyl sites for hydroxylation is 1. The Balaban J connectivity index is 1.52. The van der Waals surface area contributed by atoms with Gasteiger partial charge < -0.3 is 15.2 Å². The van der Waals surface area contributed by atoms with Gasteiger partial charge >= 0.3 is 11.9 Å². The molecule has 2 saturated heterocycles. The molecule has 0 spiro atoms. The van der Waals surface area contributed by atoms with Crippen LogP contribution in [0.5, 0.6) is 0 Å². The summed E-state index contributed by atoms with van der Waals surface area (Å²) in [4.78, 5) is 39.9. The number of likely N-dealkylation sites (N-methyl/N-ethyl adjacent to an activating group) is 1. The van der Waals surface area contributed by atoms with E-state index in [9.17, 15) is 19.1 Å². The molecule has 11 nitrogen and oxygen atoms in total. The van der Waals surface area contributed by atoms with Crippen molar-refractivity contribution in [3.05, 3.63) is 57.2 Å². The molecular formula is C29H36F3N7O4S. The molecule has 3 aliphatic rings. The maximum absolute atomic E-state index is 15.8. The van der Waals surface area contributed by atoms with Gasteiger partial charge in [-0.15, -0.1) is 11.3 Å². The number of carbonyl (C=O) groups excluding carboxylic acids is 1. The van der Waals surface area contributed by atoms with Crippen LogP contribution in [0, 0.1) is 18.3 Å². The molecule has 3 unspecified atom stereocenters. The largest absolute Gasteiger partial charge is 0.481 e. The third-order valence-electron chi connectivity index (χ3n) is 8.44. The first-order chi connectivity index (χ1) is 20.7. The Morgan fingerprint density at radius 3 is 2.68 bits per heavy atom. The second-order valence-electron chi connectivity index (χ2n) is 11.9. The Kier molecular flexibility index (Phi) is 8.86. The summed E-state index contributed by atoms with van der Waals surface area (Å²) in [5.74, 6) is -5.12. The van der Waals surface area contributed by atoms with Gasteiger partial charge in [0.25, 0.3) is 5.92 Å². The number of hydrogen-bond acceptors (Lipinski definition) is 11. The molecule has 2 aromatic heterocycles. The van der Waals surface area contributed by atoms with Crippen molar-refractivity contribution < 1.29 is 32.6 Å². The third-order valence-corrected chi connectivity index (χ3v) is 9.22. The first-order valence-electron chi connectivity index (χ1n) is 14.3. The molecule has 5 rings (SSSR count). The summed E-state index contributed by atoms with van der Waals surface area (Å²) in [5, 5.41) is 18.3. The van der Waals surface area contributed by atoms with Gasteiger partial charge in [0, 0.05) is 61.3 Å². The van der Waals surface area contributed by atoms with Crippen molar-refractivity contribution in [3.8, 4) is 0 Å². The number of alkyl halides is 2. The highest BCUT2D eigenvalue weighted by Gasteiger charge is 2.61. The number of pyridine rings is 1. The van der Waals surface area contributed by atoms with E-state index in [2.05, 4.69) is 15.3 Å². The van der Waals surface area contributed by atoms with Crippen LogP contribution in [-0.4, -0.2) is 106 Å². The summed E-state index contributed by atoms with van der Waals surface area (Å²) in [6, 6.07) is -0.0480. The van der Waals surface area contributed by atoms with Crippen molar-refractivity contribution >= 4 is 29.1 Å². The maximum atomic E-state index is 15.8. The number of aliphatic imine (C=N–C) groups is 1. The van der Waals surface area contributed by atoms with E-state index in [1.165, 1.54) is 23.5 Å². The van der Waals surface area contributed by atoms with E-state index in [4.69, 9.17) is 9.73 Å². The van der Waals surface area contributed by atoms with E-state index < -0.39 is 53.9 Å². The van der Waals surface area contributed by atoms with Crippen LogP contribution in [-0.2, 0) is 14.3 Å². The fraction of sp³-hybridized carbons (Fsp3) is 0.552. The van der Waals surface area contributed by atoms with Crippen LogP contribution in [0.2, 0.25) is 0 Å². The number of aromatic nitrogens is 2. The predicted octanol–water partition coefficient (Wildman–Crippen LogP) is 3.25. The number of nitrogens with zero attached hydrogens (tertiary/aromatic N) is 6. The average molecular weight is 636 g/mol. The highest BCUT2D eigenvalue weighted by molar-refractivity contribution is 7.11. The minimum absolute atomic E-state index is 0.0538. The first-order valence-corrected chi connectivity index (χ1v) is 15.2. The van der Waals surface area contributed by atoms with Gasteiger partial charge in [0.2, 0.25) is 5.95 Å². The van der Waals surface area contributed by atoms with E-state index >= 15 is 8.78 Å². The standard InChI is InChI=1S/C29H36F3N7O4S/c1-6-43-26(40)21-18(35-24(25-33-10-12-44-25)36-22(21)17-7-8-20(30)34-16(17)2)13-38-15-29(31,32)23-19(38)14-37(5)39(23)11-9-28(3,4)27(41)42/h7-8,10,12,19,22-23H,6,9,11,13-15H2,1-5H3,(H,35,36)(H,41,42). The fourth-order valence-electron chi connectivity index (χ4n) is 6.04. The number of hydrazine groups is 1. The van der Waals surface area contributed by atoms with Crippen LogP contribution in [0.1, 0.15) is 49.5 Å². The van der Waals surface area contributed by atoms with Crippen LogP contribution in [0.15, 0.2) is 40.0 Å². The summed E-state index contributed by atoms with van der Waals surface area (Å²) in [6.07, 6.45) is 1.79. The molecule has 0 amide bonds. The third kappa shape index (κ3) is 6.10. The molecule has 5 heterocycles. The van der Waals surface area contributed by atoms with Gasteiger partial charge in [-0.1, -0.05) is 6.07 Å². The van der Waals surface area contributed by atoms with E-state index in [0.29, 0.717) is 27.8 Å². The average Bonchev–Trinajstić information content (AvgIpc) is 3.64. The summed E-state index contributed by atoms with van der Waals surface area (Å²) in [7, 11) is 1.72. The van der Waals surface area contributed by atoms with Crippen molar-refractivity contribution in [2.75, 3.05) is 39.8 Å². The Bertz CT molecular complexity index is 1480. The number of hydrogen-bond donors (Lipinski definition) is 2. The fourth-order valence-corrected chi connectivity index (χ4v) is 6.63. The van der Waals surface area contributed by atoms with Gasteiger partial charge in [0.15, 0.2) is 10.8 Å². The normalized spacial score (nSPS) is 24.3. The summed E-state index contributed by atoms with van der Waals surface area (Å²) in [5.41, 5.74) is 0.181. The number of likely N-dealkylation sites (tertiary alicyclic amines) is 1. The number of aliphatic carboxylic acids is 1. The number of ether oxygens (including phenoxy) is 1. The van der Waals surface area contributed by atoms with Crippen molar-refractivity contribution in [3.63, 3.8) is 0 Å². The summed E-state index contributed by atoms with van der Waals surface area (Å²) in [6.45, 7) is 6.32. The Hall–Kier alpha value is -3.40. The van der Waals surface area contributed by atoms with Crippen LogP contribution in [0.3, 0.4) is 0 Å². The van der Waals surface area contributed by atoms with Gasteiger partial charge in [0.1, 0.15) is 12.1 Å². The second kappa shape index (κ2) is 12.2. The van der Waals surface area contributed by atoms with E-state index in [1.54, 1.807) is 61.2 Å². The number of fused-ring (bicyclic) bond motifs is 1. The zero-order chi connectivity index (χ0) is 32.0. The molecule has 44 heavy (non-hydrogen) atoms. The number of halogens is 3. The molecule has 0 aliphatic carbocycles. The van der Waals surface area contributed by atoms with Crippen LogP contribution >= 0.6 is 11.3 Å². The monoisotopic (exact) mass is 635 g/mol. The predicted molar refractivity (Wildman–Crippen MR) is 157 cm³/mol. The lowest BCUT2D eigenvalue weighted by molar-refractivity contribution is -0.149. The Morgan fingerprint density at radius 2 is 2.05 bits per heavy atom. The van der Waals surface area contributed by atoms with Gasteiger partial charge in [-0.05, 0) is 40.2 Å². The number of nitrogens with one attached hydrogen (secondary N) is 1. The minimum atomic E-state index is -3.12. The number of carbonyl (C=O) groups is 2. The molecule has 2 fully saturated rings. The van der Waals surface area contributed by atoms with Crippen LogP contribution < -0.4 is 5.32 Å². The number of thiazole rings is 1. The molecule has 238 valence electrons. The Labute approximate surface area is 257 Å². The molecule has 0 radical (unpaired) electrons. The van der Waals surface area contributed by atoms with Gasteiger partial charge in [0.05, 0.1) is 24.1 Å². The SMILES string of the molecule is CCOC(=O)C1=C(CN2CC(F)(F)C3C2CN(C)N3CCC(C)(C)C(=O)O)NC(c2nccs2)=NC1c1ccc(F)nc1C. The zero-order valence-electron chi connectivity index (χ0n) is 25.2. The highest BCUT2D eigenvalue weighted by Crippen LogP contribution is 2.43. The van der Waals surface area contributed by atoms with Crippen molar-refractivity contribution in [2.24, 2.45) is 10.4 Å². The molecule has 0 saturated carbocycles. The number of carboxylic acid groups (broad SMARTS) is 1. The minimum Gasteiger partial charge on any atom is -0.481 e. The van der Waals surface area contributed by atoms with Gasteiger partial charge in [-0.2, -0.15) is 4.39 Å². The highest BCUT2D eigenvalue weighted by atomic mass is 32.1. The Morgan fingerprint density at radius 1 is 1.30 bits per heavy atom. The molecule has 2 N–H and O–H groups in total. The first kappa shape index (κ1) is 32.0. The molecule has 15 heteroatoms. The molecule has 0 aromatic carbocycles.